The lowest BCUT2D eigenvalue weighted by Crippen LogP contribution is -2.50. The first kappa shape index (κ1) is 17.1. The number of rotatable bonds is 7. The van der Waals surface area contributed by atoms with Crippen LogP contribution >= 0.6 is 11.8 Å². The average Bonchev–Trinajstić information content (AvgIpc) is 2.49. The molecule has 0 aromatic carbocycles. The summed E-state index contributed by atoms with van der Waals surface area (Å²) in [5.41, 5.74) is 0. The maximum absolute atomic E-state index is 12.2. The fourth-order valence-corrected chi connectivity index (χ4v) is 6.76. The SMILES string of the molecule is CCCNC(=O)[C@H](C)NC(=O)CSC12CC3CC(CC(C3)C1)C2. The highest BCUT2D eigenvalue weighted by molar-refractivity contribution is 8.01. The lowest BCUT2D eigenvalue weighted by molar-refractivity contribution is -0.127. The van der Waals surface area contributed by atoms with Crippen LogP contribution < -0.4 is 10.6 Å². The summed E-state index contributed by atoms with van der Waals surface area (Å²) in [6, 6.07) is -0.439. The van der Waals surface area contributed by atoms with Gasteiger partial charge in [-0.05, 0) is 69.6 Å². The van der Waals surface area contributed by atoms with Gasteiger partial charge in [0.05, 0.1) is 5.75 Å². The van der Waals surface area contributed by atoms with E-state index in [1.54, 1.807) is 6.92 Å². The number of carbonyl (C=O) groups is 2. The number of amides is 2. The smallest absolute Gasteiger partial charge is 0.242 e. The Labute approximate surface area is 143 Å². The molecule has 0 spiro atoms. The highest BCUT2D eigenvalue weighted by atomic mass is 32.2. The van der Waals surface area contributed by atoms with Crippen molar-refractivity contribution in [3.05, 3.63) is 0 Å². The van der Waals surface area contributed by atoms with Crippen molar-refractivity contribution >= 4 is 23.6 Å². The van der Waals surface area contributed by atoms with Crippen LogP contribution in [0.15, 0.2) is 0 Å². The monoisotopic (exact) mass is 338 g/mol. The average molecular weight is 339 g/mol. The van der Waals surface area contributed by atoms with E-state index in [4.69, 9.17) is 0 Å². The molecule has 0 aromatic rings. The van der Waals surface area contributed by atoms with Gasteiger partial charge in [0.15, 0.2) is 0 Å². The first-order valence-corrected chi connectivity index (χ1v) is 10.2. The summed E-state index contributed by atoms with van der Waals surface area (Å²) in [5.74, 6) is 3.16. The van der Waals surface area contributed by atoms with Crippen LogP contribution in [0.25, 0.3) is 0 Å². The molecular formula is C18H30N2O2S. The normalized spacial score (nSPS) is 35.8. The molecule has 5 heteroatoms. The van der Waals surface area contributed by atoms with Gasteiger partial charge >= 0.3 is 0 Å². The Morgan fingerprint density at radius 1 is 1.13 bits per heavy atom. The molecule has 4 aliphatic carbocycles. The molecule has 0 aliphatic heterocycles. The Kier molecular flexibility index (Phi) is 5.24. The number of nitrogens with one attached hydrogen (secondary N) is 2. The summed E-state index contributed by atoms with van der Waals surface area (Å²) in [5, 5.41) is 5.68. The first-order chi connectivity index (χ1) is 11.0. The third-order valence-corrected chi connectivity index (χ3v) is 7.33. The molecule has 0 radical (unpaired) electrons. The van der Waals surface area contributed by atoms with Crippen molar-refractivity contribution in [3.8, 4) is 0 Å². The lowest BCUT2D eigenvalue weighted by atomic mass is 9.56. The fraction of sp³-hybridized carbons (Fsp3) is 0.889. The second-order valence-electron chi connectivity index (χ2n) is 7.97. The highest BCUT2D eigenvalue weighted by Gasteiger charge is 2.51. The molecule has 4 aliphatic rings. The molecule has 2 amide bonds. The van der Waals surface area contributed by atoms with Gasteiger partial charge in [-0.3, -0.25) is 9.59 Å². The fourth-order valence-electron chi connectivity index (χ4n) is 5.18. The van der Waals surface area contributed by atoms with Crippen molar-refractivity contribution in [3.63, 3.8) is 0 Å². The van der Waals surface area contributed by atoms with Crippen LogP contribution in [0.2, 0.25) is 0 Å². The molecule has 4 fully saturated rings. The zero-order valence-electron chi connectivity index (χ0n) is 14.4. The van der Waals surface area contributed by atoms with Crippen LogP contribution in [-0.2, 0) is 9.59 Å². The number of thioether (sulfide) groups is 1. The van der Waals surface area contributed by atoms with Crippen LogP contribution in [0.3, 0.4) is 0 Å². The molecule has 4 nitrogen and oxygen atoms in total. The molecule has 0 unspecified atom stereocenters. The zero-order chi connectivity index (χ0) is 16.4. The van der Waals surface area contributed by atoms with Crippen LogP contribution in [0.5, 0.6) is 0 Å². The third kappa shape index (κ3) is 4.04. The summed E-state index contributed by atoms with van der Waals surface area (Å²) in [7, 11) is 0. The minimum atomic E-state index is -0.439. The van der Waals surface area contributed by atoms with Crippen molar-refractivity contribution in [2.45, 2.75) is 69.6 Å². The molecule has 2 N–H and O–H groups in total. The van der Waals surface area contributed by atoms with Gasteiger partial charge in [-0.1, -0.05) is 6.92 Å². The van der Waals surface area contributed by atoms with Crippen LogP contribution in [0, 0.1) is 17.8 Å². The van der Waals surface area contributed by atoms with Gasteiger partial charge in [0.25, 0.3) is 0 Å². The summed E-state index contributed by atoms with van der Waals surface area (Å²) < 4.78 is 0.361. The quantitative estimate of drug-likeness (QED) is 0.750. The summed E-state index contributed by atoms with van der Waals surface area (Å²) in [4.78, 5) is 24.0. The molecule has 4 rings (SSSR count). The molecule has 0 saturated heterocycles. The summed E-state index contributed by atoms with van der Waals surface area (Å²) in [6.45, 7) is 4.45. The Bertz CT molecular complexity index is 431. The summed E-state index contributed by atoms with van der Waals surface area (Å²) >= 11 is 1.87. The number of hydrogen-bond donors (Lipinski definition) is 2. The minimum Gasteiger partial charge on any atom is -0.354 e. The van der Waals surface area contributed by atoms with Crippen LogP contribution in [0.4, 0.5) is 0 Å². The molecule has 1 atom stereocenters. The molecule has 4 saturated carbocycles. The van der Waals surface area contributed by atoms with Gasteiger partial charge in [0.1, 0.15) is 6.04 Å². The molecule has 0 heterocycles. The van der Waals surface area contributed by atoms with Crippen molar-refractivity contribution in [2.24, 2.45) is 17.8 Å². The van der Waals surface area contributed by atoms with E-state index in [-0.39, 0.29) is 11.8 Å². The maximum atomic E-state index is 12.2. The molecule has 23 heavy (non-hydrogen) atoms. The van der Waals surface area contributed by atoms with Crippen molar-refractivity contribution in [1.29, 1.82) is 0 Å². The Morgan fingerprint density at radius 2 is 1.70 bits per heavy atom. The second-order valence-corrected chi connectivity index (χ2v) is 9.41. The van der Waals surface area contributed by atoms with E-state index in [1.807, 2.05) is 18.7 Å². The largest absolute Gasteiger partial charge is 0.354 e. The minimum absolute atomic E-state index is 0.00453. The predicted molar refractivity (Wildman–Crippen MR) is 94.3 cm³/mol. The molecule has 130 valence electrons. The van der Waals surface area contributed by atoms with Gasteiger partial charge in [-0.2, -0.15) is 0 Å². The van der Waals surface area contributed by atoms with E-state index in [0.29, 0.717) is 17.0 Å². The standard InChI is InChI=1S/C18H30N2O2S/c1-3-4-19-17(22)12(2)20-16(21)11-23-18-8-13-5-14(9-18)7-15(6-13)10-18/h12-15H,3-11H2,1-2H3,(H,19,22)(H,20,21)/t12-,13?,14?,15?,18?/m0/s1. The number of carbonyl (C=O) groups excluding carboxylic acids is 2. The van der Waals surface area contributed by atoms with Gasteiger partial charge in [-0.15, -0.1) is 11.8 Å². The second kappa shape index (κ2) is 7.04. The molecule has 4 bridgehead atoms. The topological polar surface area (TPSA) is 58.2 Å². The zero-order valence-corrected chi connectivity index (χ0v) is 15.2. The van der Waals surface area contributed by atoms with E-state index >= 15 is 0 Å². The molecule has 0 aromatic heterocycles. The van der Waals surface area contributed by atoms with Crippen molar-refractivity contribution in [2.75, 3.05) is 12.3 Å². The van der Waals surface area contributed by atoms with E-state index < -0.39 is 6.04 Å². The van der Waals surface area contributed by atoms with Gasteiger partial charge in [-0.25, -0.2) is 0 Å². The van der Waals surface area contributed by atoms with Crippen molar-refractivity contribution in [1.82, 2.24) is 10.6 Å². The Balaban J connectivity index is 1.45. The van der Waals surface area contributed by atoms with Crippen LogP contribution in [-0.4, -0.2) is 34.9 Å². The van der Waals surface area contributed by atoms with Gasteiger partial charge < -0.3 is 10.6 Å². The van der Waals surface area contributed by atoms with Gasteiger partial charge in [0, 0.05) is 11.3 Å². The first-order valence-electron chi connectivity index (χ1n) is 9.20. The number of hydrogen-bond acceptors (Lipinski definition) is 3. The summed E-state index contributed by atoms with van der Waals surface area (Å²) in [6.07, 6.45) is 9.13. The van der Waals surface area contributed by atoms with Crippen molar-refractivity contribution < 1.29 is 9.59 Å². The highest BCUT2D eigenvalue weighted by Crippen LogP contribution is 2.60. The van der Waals surface area contributed by atoms with E-state index in [1.165, 1.54) is 38.5 Å². The predicted octanol–water partition coefficient (Wildman–Crippen LogP) is 2.72. The molecular weight excluding hydrogens is 308 g/mol. The van der Waals surface area contributed by atoms with E-state index in [9.17, 15) is 9.59 Å². The lowest BCUT2D eigenvalue weighted by Gasteiger charge is -2.56. The third-order valence-electron chi connectivity index (χ3n) is 5.81. The Morgan fingerprint density at radius 3 is 2.22 bits per heavy atom. The maximum Gasteiger partial charge on any atom is 0.242 e. The van der Waals surface area contributed by atoms with Crippen LogP contribution in [0.1, 0.15) is 58.8 Å². The van der Waals surface area contributed by atoms with E-state index in [2.05, 4.69) is 10.6 Å². The Hall–Kier alpha value is -0.710. The van der Waals surface area contributed by atoms with Gasteiger partial charge in [0.2, 0.25) is 11.8 Å². The van der Waals surface area contributed by atoms with E-state index in [0.717, 1.165) is 24.2 Å².